The smallest absolute Gasteiger partial charge is 0.258 e. The number of anilines is 1. The zero-order chi connectivity index (χ0) is 22.2. The Bertz CT molecular complexity index is 934. The van der Waals surface area contributed by atoms with E-state index in [9.17, 15) is 4.79 Å². The van der Waals surface area contributed by atoms with Crippen LogP contribution in [0.4, 0.5) is 5.69 Å². The molecule has 0 unspecified atom stereocenters. The number of hydrogen-bond acceptors (Lipinski definition) is 4. The van der Waals surface area contributed by atoms with Crippen LogP contribution < -0.4 is 4.90 Å². The van der Waals surface area contributed by atoms with Crippen molar-refractivity contribution >= 4 is 46.6 Å². The molecule has 6 nitrogen and oxygen atoms in total. The molecular formula is C23H35BrN4O2Si. The number of halogens is 1. The summed E-state index contributed by atoms with van der Waals surface area (Å²) in [5.41, 5.74) is 2.70. The number of amides is 1. The van der Waals surface area contributed by atoms with Gasteiger partial charge in [-0.25, -0.2) is 4.98 Å². The Kier molecular flexibility index (Phi) is 6.79. The molecule has 0 aromatic carbocycles. The minimum Gasteiger partial charge on any atom is -0.361 e. The number of carbonyl (C=O) groups is 1. The highest BCUT2D eigenvalue weighted by Crippen LogP contribution is 2.39. The summed E-state index contributed by atoms with van der Waals surface area (Å²) in [5.74, 6) is 0.834. The second-order valence-electron chi connectivity index (χ2n) is 10.3. The fourth-order valence-electron chi connectivity index (χ4n) is 4.71. The molecule has 0 N–H and O–H groups in total. The van der Waals surface area contributed by atoms with E-state index in [1.807, 2.05) is 11.9 Å². The number of alkyl halides is 1. The largest absolute Gasteiger partial charge is 0.361 e. The van der Waals surface area contributed by atoms with E-state index in [1.54, 1.807) is 6.20 Å². The van der Waals surface area contributed by atoms with Crippen molar-refractivity contribution in [1.29, 1.82) is 0 Å². The molecule has 2 aromatic heterocycles. The molecule has 1 amide bonds. The lowest BCUT2D eigenvalue weighted by molar-refractivity contribution is 0.0774. The summed E-state index contributed by atoms with van der Waals surface area (Å²) >= 11 is 3.65. The second kappa shape index (κ2) is 9.23. The van der Waals surface area contributed by atoms with Crippen molar-refractivity contribution in [3.8, 4) is 0 Å². The first-order valence-corrected chi connectivity index (χ1v) is 16.2. The van der Waals surface area contributed by atoms with Gasteiger partial charge in [-0.2, -0.15) is 0 Å². The van der Waals surface area contributed by atoms with Crippen LogP contribution in [0, 0.1) is 5.92 Å². The number of ether oxygens (including phenoxy) is 1. The Hall–Kier alpha value is -1.38. The predicted octanol–water partition coefficient (Wildman–Crippen LogP) is 5.15. The molecule has 8 heteroatoms. The molecule has 1 aliphatic carbocycles. The molecule has 2 aliphatic rings. The third-order valence-electron chi connectivity index (χ3n) is 6.69. The standard InChI is InChI=1S/C23H35BrN4O2Si/c1-26-15-28(18-7-5-17(13-24)6-8-18)21-19-9-10-27(16-30-11-12-31(2,3)4)22(19)25-14-20(21)23(26)29/h9-10,14,17-18H,5-8,11-13,15-16H2,1-4H3. The number of fused-ring (bicyclic) bond motifs is 3. The first kappa shape index (κ1) is 22.8. The molecule has 0 saturated heterocycles. The van der Waals surface area contributed by atoms with E-state index in [1.165, 1.54) is 25.7 Å². The first-order chi connectivity index (χ1) is 14.8. The Morgan fingerprint density at radius 1 is 1.23 bits per heavy atom. The number of aromatic nitrogens is 2. The average Bonchev–Trinajstić information content (AvgIpc) is 3.16. The van der Waals surface area contributed by atoms with Crippen molar-refractivity contribution in [2.45, 2.75) is 64.1 Å². The quantitative estimate of drug-likeness (QED) is 0.296. The van der Waals surface area contributed by atoms with Gasteiger partial charge in [-0.05, 0) is 43.7 Å². The highest BCUT2D eigenvalue weighted by molar-refractivity contribution is 9.09. The van der Waals surface area contributed by atoms with Crippen LogP contribution in [0.2, 0.25) is 25.7 Å². The maximum atomic E-state index is 12.9. The summed E-state index contributed by atoms with van der Waals surface area (Å²) in [4.78, 5) is 21.9. The summed E-state index contributed by atoms with van der Waals surface area (Å²) in [6.45, 7) is 9.03. The lowest BCUT2D eigenvalue weighted by atomic mass is 9.86. The zero-order valence-electron chi connectivity index (χ0n) is 19.2. The molecule has 1 saturated carbocycles. The molecule has 31 heavy (non-hydrogen) atoms. The fourth-order valence-corrected chi connectivity index (χ4v) is 6.12. The number of pyridine rings is 1. The van der Waals surface area contributed by atoms with Crippen LogP contribution in [-0.2, 0) is 11.5 Å². The Morgan fingerprint density at radius 3 is 2.65 bits per heavy atom. The second-order valence-corrected chi connectivity index (χ2v) is 16.6. The van der Waals surface area contributed by atoms with Crippen molar-refractivity contribution in [2.24, 2.45) is 5.92 Å². The van der Waals surface area contributed by atoms with Crippen LogP contribution in [-0.4, -0.2) is 60.1 Å². The molecule has 0 atom stereocenters. The Labute approximate surface area is 195 Å². The number of rotatable bonds is 7. The highest BCUT2D eigenvalue weighted by Gasteiger charge is 2.35. The summed E-state index contributed by atoms with van der Waals surface area (Å²) in [7, 11) is 0.788. The van der Waals surface area contributed by atoms with Crippen LogP contribution in [0.5, 0.6) is 0 Å². The monoisotopic (exact) mass is 506 g/mol. The normalized spacial score (nSPS) is 22.3. The number of hydrogen-bond donors (Lipinski definition) is 0. The van der Waals surface area contributed by atoms with E-state index in [0.717, 1.165) is 46.2 Å². The van der Waals surface area contributed by atoms with Crippen LogP contribution in [0.15, 0.2) is 18.5 Å². The van der Waals surface area contributed by atoms with Gasteiger partial charge in [0.2, 0.25) is 0 Å². The lowest BCUT2D eigenvalue weighted by Gasteiger charge is -2.43. The fraction of sp³-hybridized carbons (Fsp3) is 0.652. The van der Waals surface area contributed by atoms with Crippen molar-refractivity contribution in [1.82, 2.24) is 14.5 Å². The minimum absolute atomic E-state index is 0.0638. The third-order valence-corrected chi connectivity index (χ3v) is 9.31. The predicted molar refractivity (Wildman–Crippen MR) is 133 cm³/mol. The van der Waals surface area contributed by atoms with Crippen molar-refractivity contribution in [3.63, 3.8) is 0 Å². The molecule has 4 rings (SSSR count). The van der Waals surface area contributed by atoms with E-state index in [2.05, 4.69) is 62.3 Å². The topological polar surface area (TPSA) is 50.6 Å². The lowest BCUT2D eigenvalue weighted by Crippen LogP contribution is -2.50. The molecule has 0 spiro atoms. The highest BCUT2D eigenvalue weighted by atomic mass is 79.9. The van der Waals surface area contributed by atoms with Crippen LogP contribution in [0.3, 0.4) is 0 Å². The molecule has 170 valence electrons. The van der Waals surface area contributed by atoms with Crippen molar-refractivity contribution in [3.05, 3.63) is 24.0 Å². The van der Waals surface area contributed by atoms with E-state index >= 15 is 0 Å². The van der Waals surface area contributed by atoms with Gasteiger partial charge >= 0.3 is 0 Å². The van der Waals surface area contributed by atoms with Crippen molar-refractivity contribution < 1.29 is 9.53 Å². The maximum absolute atomic E-state index is 12.9. The van der Waals surface area contributed by atoms with Gasteiger partial charge in [0, 0.05) is 50.9 Å². The van der Waals surface area contributed by atoms with Gasteiger partial charge in [0.1, 0.15) is 12.4 Å². The molecular weight excluding hydrogens is 472 g/mol. The first-order valence-electron chi connectivity index (χ1n) is 11.4. The number of carbonyl (C=O) groups excluding carboxylic acids is 1. The van der Waals surface area contributed by atoms with Gasteiger partial charge in [-0.3, -0.25) is 4.79 Å². The van der Waals surface area contributed by atoms with Crippen molar-refractivity contribution in [2.75, 3.05) is 30.6 Å². The molecule has 0 radical (unpaired) electrons. The summed E-state index contributed by atoms with van der Waals surface area (Å²) in [5, 5.41) is 2.15. The molecule has 0 bridgehead atoms. The molecule has 1 fully saturated rings. The SMILES string of the molecule is CN1CN(C2CCC(CBr)CC2)c2c(cnc3c2ccn3COCC[Si](C)(C)C)C1=O. The van der Waals surface area contributed by atoms with Crippen LogP contribution in [0.25, 0.3) is 11.0 Å². The van der Waals surface area contributed by atoms with E-state index in [-0.39, 0.29) is 5.91 Å². The van der Waals surface area contributed by atoms with Crippen LogP contribution in [0.1, 0.15) is 36.0 Å². The van der Waals surface area contributed by atoms with Gasteiger partial charge in [-0.1, -0.05) is 35.6 Å². The minimum atomic E-state index is -1.10. The summed E-state index contributed by atoms with van der Waals surface area (Å²) in [6, 6.07) is 3.73. The van der Waals surface area contributed by atoms with Gasteiger partial charge in [0.25, 0.3) is 5.91 Å². The Balaban J connectivity index is 1.61. The molecule has 1 aliphatic heterocycles. The molecule has 2 aromatic rings. The van der Waals surface area contributed by atoms with E-state index in [0.29, 0.717) is 19.4 Å². The van der Waals surface area contributed by atoms with Gasteiger partial charge < -0.3 is 19.1 Å². The zero-order valence-corrected chi connectivity index (χ0v) is 21.8. The van der Waals surface area contributed by atoms with Gasteiger partial charge in [-0.15, -0.1) is 0 Å². The van der Waals surface area contributed by atoms with Crippen LogP contribution >= 0.6 is 15.9 Å². The van der Waals surface area contributed by atoms with E-state index < -0.39 is 8.07 Å². The van der Waals surface area contributed by atoms with Gasteiger partial charge in [0.05, 0.1) is 17.9 Å². The van der Waals surface area contributed by atoms with E-state index in [4.69, 9.17) is 4.74 Å². The average molecular weight is 508 g/mol. The summed E-state index contributed by atoms with van der Waals surface area (Å²) < 4.78 is 8.05. The number of nitrogens with zero attached hydrogens (tertiary/aromatic N) is 4. The summed E-state index contributed by atoms with van der Waals surface area (Å²) in [6.07, 6.45) is 8.63. The van der Waals surface area contributed by atoms with Gasteiger partial charge in [0.15, 0.2) is 0 Å². The Morgan fingerprint density at radius 2 is 1.97 bits per heavy atom. The molecule has 3 heterocycles. The maximum Gasteiger partial charge on any atom is 0.258 e. The third kappa shape index (κ3) is 4.86.